The highest BCUT2D eigenvalue weighted by molar-refractivity contribution is 5.92. The van der Waals surface area contributed by atoms with Crippen LogP contribution >= 0.6 is 0 Å². The number of likely N-dealkylation sites (N-methyl/N-ethyl adjacent to an activating group) is 1. The summed E-state index contributed by atoms with van der Waals surface area (Å²) in [5.74, 6) is 1.54. The first kappa shape index (κ1) is 16.3. The van der Waals surface area contributed by atoms with Gasteiger partial charge < -0.3 is 14.8 Å². The third kappa shape index (κ3) is 3.86. The van der Waals surface area contributed by atoms with Gasteiger partial charge in [0.25, 0.3) is 0 Å². The molecule has 126 valence electrons. The lowest BCUT2D eigenvalue weighted by Gasteiger charge is -2.20. The zero-order valence-electron chi connectivity index (χ0n) is 14.0. The number of ether oxygens (including phenoxy) is 2. The Hall–Kier alpha value is -2.53. The second-order valence-corrected chi connectivity index (χ2v) is 5.85. The van der Waals surface area contributed by atoms with Gasteiger partial charge in [0.15, 0.2) is 11.5 Å². The maximum absolute atomic E-state index is 12.3. The first-order chi connectivity index (χ1) is 11.7. The quantitative estimate of drug-likeness (QED) is 0.886. The standard InChI is InChI=1S/C19H22N2O3/c1-3-21(11-15-8-9-17-18(10-15)24-13-23-17)12-19(22)20-16-7-5-4-6-14(16)2/h4-10H,3,11-13H2,1-2H3,(H,20,22). The van der Waals surface area contributed by atoms with E-state index >= 15 is 0 Å². The second kappa shape index (κ2) is 7.36. The minimum atomic E-state index is -0.00751. The van der Waals surface area contributed by atoms with Crippen LogP contribution in [0.2, 0.25) is 0 Å². The fraction of sp³-hybridized carbons (Fsp3) is 0.316. The molecule has 0 saturated carbocycles. The molecule has 0 bridgehead atoms. The van der Waals surface area contributed by atoms with Crippen molar-refractivity contribution in [2.45, 2.75) is 20.4 Å². The Kier molecular flexibility index (Phi) is 5.01. The molecular weight excluding hydrogens is 304 g/mol. The van der Waals surface area contributed by atoms with Gasteiger partial charge in [-0.15, -0.1) is 0 Å². The molecule has 3 rings (SSSR count). The number of hydrogen-bond acceptors (Lipinski definition) is 4. The van der Waals surface area contributed by atoms with Crippen LogP contribution in [-0.4, -0.2) is 30.7 Å². The van der Waals surface area contributed by atoms with Crippen molar-refractivity contribution in [2.75, 3.05) is 25.2 Å². The molecule has 1 amide bonds. The van der Waals surface area contributed by atoms with E-state index in [2.05, 4.69) is 10.2 Å². The van der Waals surface area contributed by atoms with Crippen LogP contribution in [-0.2, 0) is 11.3 Å². The summed E-state index contributed by atoms with van der Waals surface area (Å²) in [6.07, 6.45) is 0. The first-order valence-electron chi connectivity index (χ1n) is 8.12. The number of carbonyl (C=O) groups excluding carboxylic acids is 1. The van der Waals surface area contributed by atoms with Crippen LogP contribution in [0.1, 0.15) is 18.1 Å². The fourth-order valence-electron chi connectivity index (χ4n) is 2.68. The zero-order valence-corrected chi connectivity index (χ0v) is 14.0. The van der Waals surface area contributed by atoms with Crippen LogP contribution in [0.15, 0.2) is 42.5 Å². The number of para-hydroxylation sites is 1. The van der Waals surface area contributed by atoms with Crippen molar-refractivity contribution in [3.63, 3.8) is 0 Å². The molecule has 0 aliphatic carbocycles. The highest BCUT2D eigenvalue weighted by Crippen LogP contribution is 2.32. The number of carbonyl (C=O) groups is 1. The number of hydrogen-bond donors (Lipinski definition) is 1. The van der Waals surface area contributed by atoms with Gasteiger partial charge in [0, 0.05) is 12.2 Å². The molecule has 5 heteroatoms. The lowest BCUT2D eigenvalue weighted by Crippen LogP contribution is -2.32. The summed E-state index contributed by atoms with van der Waals surface area (Å²) < 4.78 is 10.7. The van der Waals surface area contributed by atoms with E-state index in [0.717, 1.165) is 34.9 Å². The maximum atomic E-state index is 12.3. The topological polar surface area (TPSA) is 50.8 Å². The molecule has 1 heterocycles. The van der Waals surface area contributed by atoms with Gasteiger partial charge in [-0.1, -0.05) is 31.2 Å². The summed E-state index contributed by atoms with van der Waals surface area (Å²) in [4.78, 5) is 14.4. The second-order valence-electron chi connectivity index (χ2n) is 5.85. The van der Waals surface area contributed by atoms with Gasteiger partial charge in [-0.25, -0.2) is 0 Å². The Morgan fingerprint density at radius 1 is 1.17 bits per heavy atom. The van der Waals surface area contributed by atoms with Gasteiger partial charge in [0.2, 0.25) is 12.7 Å². The van der Waals surface area contributed by atoms with E-state index in [1.165, 1.54) is 0 Å². The van der Waals surface area contributed by atoms with Gasteiger partial charge in [0.1, 0.15) is 0 Å². The predicted molar refractivity (Wildman–Crippen MR) is 93.3 cm³/mol. The molecule has 0 radical (unpaired) electrons. The van der Waals surface area contributed by atoms with Gasteiger partial charge in [-0.05, 0) is 42.8 Å². The van der Waals surface area contributed by atoms with E-state index in [-0.39, 0.29) is 12.7 Å². The number of amides is 1. The molecule has 0 spiro atoms. The number of fused-ring (bicyclic) bond motifs is 1. The van der Waals surface area contributed by atoms with Crippen molar-refractivity contribution in [1.29, 1.82) is 0 Å². The van der Waals surface area contributed by atoms with E-state index in [0.29, 0.717) is 13.1 Å². The zero-order chi connectivity index (χ0) is 16.9. The Morgan fingerprint density at radius 2 is 1.96 bits per heavy atom. The summed E-state index contributed by atoms with van der Waals surface area (Å²) >= 11 is 0. The van der Waals surface area contributed by atoms with Gasteiger partial charge >= 0.3 is 0 Å². The van der Waals surface area contributed by atoms with Crippen LogP contribution in [0, 0.1) is 6.92 Å². The fourth-order valence-corrected chi connectivity index (χ4v) is 2.68. The molecule has 5 nitrogen and oxygen atoms in total. The molecule has 2 aromatic rings. The van der Waals surface area contributed by atoms with E-state index in [4.69, 9.17) is 9.47 Å². The highest BCUT2D eigenvalue weighted by atomic mass is 16.7. The molecule has 0 atom stereocenters. The summed E-state index contributed by atoms with van der Waals surface area (Å²) in [6.45, 7) is 6.13. The molecule has 1 aliphatic heterocycles. The highest BCUT2D eigenvalue weighted by Gasteiger charge is 2.15. The number of nitrogens with zero attached hydrogens (tertiary/aromatic N) is 1. The van der Waals surface area contributed by atoms with Gasteiger partial charge in [-0.3, -0.25) is 9.69 Å². The third-order valence-corrected chi connectivity index (χ3v) is 4.08. The number of rotatable bonds is 6. The molecule has 1 N–H and O–H groups in total. The van der Waals surface area contributed by atoms with Crippen LogP contribution < -0.4 is 14.8 Å². The van der Waals surface area contributed by atoms with Crippen LogP contribution in [0.3, 0.4) is 0 Å². The average Bonchev–Trinajstić information content (AvgIpc) is 3.04. The molecule has 0 unspecified atom stereocenters. The van der Waals surface area contributed by atoms with Crippen molar-refractivity contribution in [2.24, 2.45) is 0 Å². The summed E-state index contributed by atoms with van der Waals surface area (Å²) in [5.41, 5.74) is 3.02. The molecule has 2 aromatic carbocycles. The number of aryl methyl sites for hydroxylation is 1. The Morgan fingerprint density at radius 3 is 2.75 bits per heavy atom. The van der Waals surface area contributed by atoms with E-state index < -0.39 is 0 Å². The minimum Gasteiger partial charge on any atom is -0.454 e. The number of benzene rings is 2. The minimum absolute atomic E-state index is 0.00751. The number of nitrogens with one attached hydrogen (secondary N) is 1. The molecule has 0 saturated heterocycles. The SMILES string of the molecule is CCN(CC(=O)Nc1ccccc1C)Cc1ccc2c(c1)OCO2. The third-order valence-electron chi connectivity index (χ3n) is 4.08. The van der Waals surface area contributed by atoms with Crippen molar-refractivity contribution in [3.05, 3.63) is 53.6 Å². The Balaban J connectivity index is 1.60. The molecule has 0 fully saturated rings. The van der Waals surface area contributed by atoms with Crippen molar-refractivity contribution in [3.8, 4) is 11.5 Å². The van der Waals surface area contributed by atoms with Crippen molar-refractivity contribution >= 4 is 11.6 Å². The maximum Gasteiger partial charge on any atom is 0.238 e. The van der Waals surface area contributed by atoms with E-state index in [1.807, 2.05) is 56.3 Å². The largest absolute Gasteiger partial charge is 0.454 e. The van der Waals surface area contributed by atoms with Crippen LogP contribution in [0.25, 0.3) is 0 Å². The van der Waals surface area contributed by atoms with Crippen LogP contribution in [0.5, 0.6) is 11.5 Å². The lowest BCUT2D eigenvalue weighted by molar-refractivity contribution is -0.117. The summed E-state index contributed by atoms with van der Waals surface area (Å²) in [7, 11) is 0. The average molecular weight is 326 g/mol. The van der Waals surface area contributed by atoms with Crippen molar-refractivity contribution in [1.82, 2.24) is 4.90 Å². The Labute approximate surface area is 142 Å². The number of anilines is 1. The molecule has 24 heavy (non-hydrogen) atoms. The normalized spacial score (nSPS) is 12.5. The summed E-state index contributed by atoms with van der Waals surface area (Å²) in [6, 6.07) is 13.7. The van der Waals surface area contributed by atoms with E-state index in [1.54, 1.807) is 0 Å². The van der Waals surface area contributed by atoms with Crippen LogP contribution in [0.4, 0.5) is 5.69 Å². The summed E-state index contributed by atoms with van der Waals surface area (Å²) in [5, 5.41) is 2.98. The van der Waals surface area contributed by atoms with Gasteiger partial charge in [0.05, 0.1) is 6.54 Å². The molecular formula is C19H22N2O3. The van der Waals surface area contributed by atoms with Crippen molar-refractivity contribution < 1.29 is 14.3 Å². The van der Waals surface area contributed by atoms with E-state index in [9.17, 15) is 4.79 Å². The monoisotopic (exact) mass is 326 g/mol. The predicted octanol–water partition coefficient (Wildman–Crippen LogP) is 3.18. The molecule has 1 aliphatic rings. The lowest BCUT2D eigenvalue weighted by atomic mass is 10.2. The smallest absolute Gasteiger partial charge is 0.238 e. The Bertz CT molecular complexity index is 730. The van der Waals surface area contributed by atoms with Gasteiger partial charge in [-0.2, -0.15) is 0 Å². The first-order valence-corrected chi connectivity index (χ1v) is 8.12. The molecule has 0 aromatic heterocycles.